The summed E-state index contributed by atoms with van der Waals surface area (Å²) >= 11 is 0. The summed E-state index contributed by atoms with van der Waals surface area (Å²) < 4.78 is 1.43. The van der Waals surface area contributed by atoms with E-state index in [2.05, 4.69) is 4.98 Å². The van der Waals surface area contributed by atoms with Gasteiger partial charge in [-0.25, -0.2) is 4.79 Å². The molecule has 1 aromatic carbocycles. The zero-order valence-electron chi connectivity index (χ0n) is 9.15. The number of aryl methyl sites for hydroxylation is 1. The fraction of sp³-hybridized carbons (Fsp3) is 0.167. The number of hydrogen-bond acceptors (Lipinski definition) is 2. The molecule has 4 heteroatoms. The Morgan fingerprint density at radius 2 is 1.88 bits per heavy atom. The molecule has 16 heavy (non-hydrogen) atoms. The first-order valence-corrected chi connectivity index (χ1v) is 4.96. The van der Waals surface area contributed by atoms with Crippen molar-refractivity contribution in [2.75, 3.05) is 0 Å². The zero-order valence-corrected chi connectivity index (χ0v) is 9.15. The Balaban J connectivity index is 2.80. The molecule has 0 radical (unpaired) electrons. The van der Waals surface area contributed by atoms with Crippen molar-refractivity contribution in [1.29, 1.82) is 0 Å². The van der Waals surface area contributed by atoms with E-state index in [1.807, 2.05) is 31.2 Å². The van der Waals surface area contributed by atoms with Crippen molar-refractivity contribution in [3.05, 3.63) is 56.7 Å². The Morgan fingerprint density at radius 1 is 1.19 bits per heavy atom. The highest BCUT2D eigenvalue weighted by molar-refractivity contribution is 5.63. The molecule has 2 rings (SSSR count). The summed E-state index contributed by atoms with van der Waals surface area (Å²) in [6, 6.07) is 9.08. The van der Waals surface area contributed by atoms with Gasteiger partial charge in [0.1, 0.15) is 0 Å². The molecule has 0 amide bonds. The van der Waals surface area contributed by atoms with Crippen molar-refractivity contribution >= 4 is 0 Å². The lowest BCUT2D eigenvalue weighted by Gasteiger charge is -2.09. The summed E-state index contributed by atoms with van der Waals surface area (Å²) in [5, 5.41) is 0. The van der Waals surface area contributed by atoms with Crippen molar-refractivity contribution < 1.29 is 0 Å². The number of aromatic amines is 1. The van der Waals surface area contributed by atoms with Crippen LogP contribution in [0.15, 0.2) is 39.9 Å². The monoisotopic (exact) mass is 216 g/mol. The van der Waals surface area contributed by atoms with Crippen molar-refractivity contribution in [2.24, 2.45) is 7.05 Å². The predicted octanol–water partition coefficient (Wildman–Crippen LogP) is 1.05. The number of rotatable bonds is 1. The maximum atomic E-state index is 11.5. The third-order valence-corrected chi connectivity index (χ3v) is 2.58. The molecule has 0 fully saturated rings. The van der Waals surface area contributed by atoms with E-state index in [1.165, 1.54) is 10.6 Å². The van der Waals surface area contributed by atoms with Crippen LogP contribution in [0.3, 0.4) is 0 Å². The van der Waals surface area contributed by atoms with Gasteiger partial charge in [0.25, 0.3) is 5.56 Å². The van der Waals surface area contributed by atoms with Gasteiger partial charge in [0, 0.05) is 18.7 Å². The lowest BCUT2D eigenvalue weighted by Crippen LogP contribution is -2.28. The first-order chi connectivity index (χ1) is 7.59. The average Bonchev–Trinajstić information content (AvgIpc) is 2.24. The molecular weight excluding hydrogens is 204 g/mol. The highest BCUT2D eigenvalue weighted by atomic mass is 16.2. The van der Waals surface area contributed by atoms with Gasteiger partial charge in [-0.3, -0.25) is 14.3 Å². The highest BCUT2D eigenvalue weighted by Crippen LogP contribution is 2.19. The van der Waals surface area contributed by atoms with E-state index in [0.717, 1.165) is 11.1 Å². The molecule has 4 nitrogen and oxygen atoms in total. The Kier molecular flexibility index (Phi) is 2.48. The van der Waals surface area contributed by atoms with E-state index < -0.39 is 5.69 Å². The van der Waals surface area contributed by atoms with Gasteiger partial charge >= 0.3 is 5.69 Å². The highest BCUT2D eigenvalue weighted by Gasteiger charge is 2.06. The average molecular weight is 216 g/mol. The second kappa shape index (κ2) is 3.81. The largest absolute Gasteiger partial charge is 0.328 e. The standard InChI is InChI=1S/C12H12N2O2/c1-8-5-3-4-6-9(8)10-7-11(15)13-12(16)14(10)2/h3-7H,1-2H3,(H,13,15,16). The van der Waals surface area contributed by atoms with Gasteiger partial charge in [0.2, 0.25) is 0 Å². The third-order valence-electron chi connectivity index (χ3n) is 2.58. The second-order valence-corrected chi connectivity index (χ2v) is 3.70. The van der Waals surface area contributed by atoms with Gasteiger partial charge < -0.3 is 0 Å². The van der Waals surface area contributed by atoms with Gasteiger partial charge in [-0.05, 0) is 12.5 Å². The Morgan fingerprint density at radius 3 is 2.56 bits per heavy atom. The summed E-state index contributed by atoms with van der Waals surface area (Å²) in [5.74, 6) is 0. The summed E-state index contributed by atoms with van der Waals surface area (Å²) in [4.78, 5) is 25.0. The van der Waals surface area contributed by atoms with E-state index in [4.69, 9.17) is 0 Å². The van der Waals surface area contributed by atoms with Crippen LogP contribution in [0.4, 0.5) is 0 Å². The Bertz CT molecular complexity index is 638. The molecule has 1 N–H and O–H groups in total. The van der Waals surface area contributed by atoms with E-state index in [0.29, 0.717) is 5.69 Å². The molecule has 82 valence electrons. The smallest absolute Gasteiger partial charge is 0.296 e. The molecule has 0 aliphatic rings. The lowest BCUT2D eigenvalue weighted by atomic mass is 10.1. The van der Waals surface area contributed by atoms with Crippen molar-refractivity contribution in [3.63, 3.8) is 0 Å². The van der Waals surface area contributed by atoms with E-state index in [9.17, 15) is 9.59 Å². The topological polar surface area (TPSA) is 54.9 Å². The van der Waals surface area contributed by atoms with Crippen LogP contribution in [-0.4, -0.2) is 9.55 Å². The third kappa shape index (κ3) is 1.69. The van der Waals surface area contributed by atoms with Crippen LogP contribution >= 0.6 is 0 Å². The number of benzene rings is 1. The number of H-pyrrole nitrogens is 1. The Labute approximate surface area is 92.2 Å². The first kappa shape index (κ1) is 10.4. The molecule has 0 unspecified atom stereocenters. The molecule has 0 saturated heterocycles. The summed E-state index contributed by atoms with van der Waals surface area (Å²) in [6.07, 6.45) is 0. The quantitative estimate of drug-likeness (QED) is 0.774. The normalized spacial score (nSPS) is 10.4. The molecular formula is C12H12N2O2. The number of aromatic nitrogens is 2. The minimum atomic E-state index is -0.397. The van der Waals surface area contributed by atoms with Gasteiger partial charge in [-0.1, -0.05) is 24.3 Å². The Hall–Kier alpha value is -2.10. The van der Waals surface area contributed by atoms with Gasteiger partial charge in [-0.2, -0.15) is 0 Å². The number of hydrogen-bond donors (Lipinski definition) is 1. The molecule has 0 spiro atoms. The van der Waals surface area contributed by atoms with E-state index in [1.54, 1.807) is 7.05 Å². The summed E-state index contributed by atoms with van der Waals surface area (Å²) in [7, 11) is 1.64. The lowest BCUT2D eigenvalue weighted by molar-refractivity contribution is 0.808. The molecule has 2 aromatic rings. The van der Waals surface area contributed by atoms with Crippen LogP contribution in [0.25, 0.3) is 11.3 Å². The maximum absolute atomic E-state index is 11.5. The van der Waals surface area contributed by atoms with Crippen molar-refractivity contribution in [2.45, 2.75) is 6.92 Å². The number of nitrogens with zero attached hydrogens (tertiary/aromatic N) is 1. The second-order valence-electron chi connectivity index (χ2n) is 3.70. The van der Waals surface area contributed by atoms with Crippen LogP contribution in [-0.2, 0) is 7.05 Å². The van der Waals surface area contributed by atoms with Gasteiger partial charge in [0.15, 0.2) is 0 Å². The van der Waals surface area contributed by atoms with Crippen LogP contribution in [0.5, 0.6) is 0 Å². The van der Waals surface area contributed by atoms with Crippen LogP contribution in [0.1, 0.15) is 5.56 Å². The fourth-order valence-corrected chi connectivity index (χ4v) is 1.67. The number of nitrogens with one attached hydrogen (secondary N) is 1. The minimum absolute atomic E-state index is 0.374. The summed E-state index contributed by atoms with van der Waals surface area (Å²) in [5.41, 5.74) is 1.79. The maximum Gasteiger partial charge on any atom is 0.328 e. The van der Waals surface area contributed by atoms with Crippen LogP contribution < -0.4 is 11.2 Å². The molecule has 0 saturated carbocycles. The molecule has 1 heterocycles. The summed E-state index contributed by atoms with van der Waals surface area (Å²) in [6.45, 7) is 1.95. The fourth-order valence-electron chi connectivity index (χ4n) is 1.67. The SMILES string of the molecule is Cc1ccccc1-c1cc(=O)[nH]c(=O)n1C. The molecule has 0 atom stereocenters. The predicted molar refractivity (Wildman–Crippen MR) is 62.5 cm³/mol. The van der Waals surface area contributed by atoms with Gasteiger partial charge in [0.05, 0.1) is 5.69 Å². The van der Waals surface area contributed by atoms with Crippen LogP contribution in [0, 0.1) is 6.92 Å². The molecule has 0 aliphatic carbocycles. The van der Waals surface area contributed by atoms with Gasteiger partial charge in [-0.15, -0.1) is 0 Å². The van der Waals surface area contributed by atoms with Crippen molar-refractivity contribution in [3.8, 4) is 11.3 Å². The molecule has 0 aliphatic heterocycles. The minimum Gasteiger partial charge on any atom is -0.296 e. The van der Waals surface area contributed by atoms with Crippen molar-refractivity contribution in [1.82, 2.24) is 9.55 Å². The van der Waals surface area contributed by atoms with E-state index in [-0.39, 0.29) is 5.56 Å². The zero-order chi connectivity index (χ0) is 11.7. The first-order valence-electron chi connectivity index (χ1n) is 4.96. The molecule has 1 aromatic heterocycles. The van der Waals surface area contributed by atoms with E-state index >= 15 is 0 Å². The molecule has 0 bridgehead atoms. The van der Waals surface area contributed by atoms with Crippen LogP contribution in [0.2, 0.25) is 0 Å².